The molecule has 17 heavy (non-hydrogen) atoms. The Morgan fingerprint density at radius 1 is 0.765 bits per heavy atom. The zero-order valence-electron chi connectivity index (χ0n) is 10.4. The van der Waals surface area contributed by atoms with Crippen molar-refractivity contribution in [1.29, 1.82) is 0 Å². The summed E-state index contributed by atoms with van der Waals surface area (Å²) in [6, 6.07) is 17.0. The quantitative estimate of drug-likeness (QED) is 0.754. The van der Waals surface area contributed by atoms with Gasteiger partial charge in [0.2, 0.25) is 0 Å². The van der Waals surface area contributed by atoms with Crippen LogP contribution in [0.1, 0.15) is 19.4 Å². The highest BCUT2D eigenvalue weighted by Gasteiger charge is 1.98. The molecule has 0 aliphatic rings. The largest absolute Gasteiger partial charge is 0.494 e. The molecule has 0 fully saturated rings. The van der Waals surface area contributed by atoms with Crippen LogP contribution >= 0.6 is 0 Å². The zero-order chi connectivity index (χ0) is 12.1. The van der Waals surface area contributed by atoms with E-state index in [0.717, 1.165) is 12.2 Å². The van der Waals surface area contributed by atoms with Crippen molar-refractivity contribution < 1.29 is 4.74 Å². The highest BCUT2D eigenvalue weighted by atomic mass is 16.5. The van der Waals surface area contributed by atoms with Gasteiger partial charge in [0.25, 0.3) is 0 Å². The standard InChI is InChI=1S/C16H18O/c1-3-13-5-7-14(8-6-13)15-9-11-16(12-10-15)17-4-2/h5-12H,3-4H2,1-2H3. The lowest BCUT2D eigenvalue weighted by Gasteiger charge is -2.06. The molecule has 0 aromatic heterocycles. The van der Waals surface area contributed by atoms with Crippen molar-refractivity contribution >= 4 is 0 Å². The molecule has 88 valence electrons. The highest BCUT2D eigenvalue weighted by Crippen LogP contribution is 2.22. The molecule has 0 saturated carbocycles. The molecule has 0 amide bonds. The monoisotopic (exact) mass is 226 g/mol. The number of aryl methyl sites for hydroxylation is 1. The van der Waals surface area contributed by atoms with Gasteiger partial charge >= 0.3 is 0 Å². The van der Waals surface area contributed by atoms with Crippen LogP contribution in [0.5, 0.6) is 5.75 Å². The minimum atomic E-state index is 0.713. The fraction of sp³-hybridized carbons (Fsp3) is 0.250. The predicted octanol–water partition coefficient (Wildman–Crippen LogP) is 4.31. The maximum absolute atomic E-state index is 5.43. The average Bonchev–Trinajstić information content (AvgIpc) is 2.40. The SMILES string of the molecule is CCOc1ccc(-c2ccc(CC)cc2)cc1. The fourth-order valence-corrected chi connectivity index (χ4v) is 1.84. The van der Waals surface area contributed by atoms with E-state index in [9.17, 15) is 0 Å². The number of hydrogen-bond donors (Lipinski definition) is 0. The zero-order valence-corrected chi connectivity index (χ0v) is 10.4. The van der Waals surface area contributed by atoms with Crippen molar-refractivity contribution in [3.63, 3.8) is 0 Å². The molecule has 0 spiro atoms. The Kier molecular flexibility index (Phi) is 3.81. The first kappa shape index (κ1) is 11.7. The van der Waals surface area contributed by atoms with Gasteiger partial charge in [-0.05, 0) is 42.2 Å². The summed E-state index contributed by atoms with van der Waals surface area (Å²) in [5.74, 6) is 0.932. The Morgan fingerprint density at radius 2 is 1.29 bits per heavy atom. The van der Waals surface area contributed by atoms with E-state index >= 15 is 0 Å². The van der Waals surface area contributed by atoms with Crippen LogP contribution in [0.25, 0.3) is 11.1 Å². The van der Waals surface area contributed by atoms with Crippen LogP contribution in [0.2, 0.25) is 0 Å². The third-order valence-corrected chi connectivity index (χ3v) is 2.86. The number of benzene rings is 2. The third-order valence-electron chi connectivity index (χ3n) is 2.86. The molecular formula is C16H18O. The lowest BCUT2D eigenvalue weighted by Crippen LogP contribution is -1.90. The first-order chi connectivity index (χ1) is 8.33. The van der Waals surface area contributed by atoms with Gasteiger partial charge in [0.1, 0.15) is 5.75 Å². The molecule has 0 heterocycles. The minimum absolute atomic E-state index is 0.713. The second-order valence-electron chi connectivity index (χ2n) is 4.01. The topological polar surface area (TPSA) is 9.23 Å². The summed E-state index contributed by atoms with van der Waals surface area (Å²) in [5.41, 5.74) is 3.86. The van der Waals surface area contributed by atoms with Gasteiger partial charge in [0, 0.05) is 0 Å². The van der Waals surface area contributed by atoms with E-state index in [1.165, 1.54) is 16.7 Å². The van der Waals surface area contributed by atoms with Gasteiger partial charge in [-0.1, -0.05) is 43.3 Å². The van der Waals surface area contributed by atoms with Crippen LogP contribution in [-0.2, 0) is 6.42 Å². The molecule has 0 atom stereocenters. The van der Waals surface area contributed by atoms with E-state index < -0.39 is 0 Å². The molecule has 2 aromatic carbocycles. The summed E-state index contributed by atoms with van der Waals surface area (Å²) in [6.45, 7) is 4.88. The number of hydrogen-bond acceptors (Lipinski definition) is 1. The molecule has 0 aliphatic carbocycles. The maximum atomic E-state index is 5.43. The number of ether oxygens (including phenoxy) is 1. The molecule has 2 rings (SSSR count). The second kappa shape index (κ2) is 5.53. The van der Waals surface area contributed by atoms with E-state index in [2.05, 4.69) is 43.3 Å². The first-order valence-corrected chi connectivity index (χ1v) is 6.15. The summed E-state index contributed by atoms with van der Waals surface area (Å²) in [7, 11) is 0. The van der Waals surface area contributed by atoms with Gasteiger partial charge in [-0.2, -0.15) is 0 Å². The van der Waals surface area contributed by atoms with Gasteiger partial charge < -0.3 is 4.74 Å². The lowest BCUT2D eigenvalue weighted by atomic mass is 10.0. The Labute approximate surface area is 103 Å². The molecule has 2 aromatic rings. The second-order valence-corrected chi connectivity index (χ2v) is 4.01. The van der Waals surface area contributed by atoms with Crippen LogP contribution in [0, 0.1) is 0 Å². The predicted molar refractivity (Wildman–Crippen MR) is 72.4 cm³/mol. The van der Waals surface area contributed by atoms with Gasteiger partial charge in [0.05, 0.1) is 6.61 Å². The van der Waals surface area contributed by atoms with Crippen molar-refractivity contribution in [3.8, 4) is 16.9 Å². The van der Waals surface area contributed by atoms with E-state index in [4.69, 9.17) is 4.74 Å². The van der Waals surface area contributed by atoms with Crippen molar-refractivity contribution in [3.05, 3.63) is 54.1 Å². The first-order valence-electron chi connectivity index (χ1n) is 6.15. The van der Waals surface area contributed by atoms with Crippen molar-refractivity contribution in [1.82, 2.24) is 0 Å². The minimum Gasteiger partial charge on any atom is -0.494 e. The lowest BCUT2D eigenvalue weighted by molar-refractivity contribution is 0.340. The van der Waals surface area contributed by atoms with E-state index in [0.29, 0.717) is 6.61 Å². The van der Waals surface area contributed by atoms with Crippen molar-refractivity contribution in [2.75, 3.05) is 6.61 Å². The smallest absolute Gasteiger partial charge is 0.119 e. The third kappa shape index (κ3) is 2.88. The van der Waals surface area contributed by atoms with Gasteiger partial charge in [-0.15, -0.1) is 0 Å². The Bertz CT molecular complexity index is 454. The summed E-state index contributed by atoms with van der Waals surface area (Å²) >= 11 is 0. The fourth-order valence-electron chi connectivity index (χ4n) is 1.84. The molecular weight excluding hydrogens is 208 g/mol. The molecule has 1 heteroatoms. The van der Waals surface area contributed by atoms with Gasteiger partial charge in [-0.3, -0.25) is 0 Å². The highest BCUT2D eigenvalue weighted by molar-refractivity contribution is 5.64. The normalized spacial score (nSPS) is 10.2. The van der Waals surface area contributed by atoms with Crippen molar-refractivity contribution in [2.24, 2.45) is 0 Å². The Balaban J connectivity index is 2.20. The molecule has 0 unspecified atom stereocenters. The summed E-state index contributed by atoms with van der Waals surface area (Å²) in [6.07, 6.45) is 1.09. The van der Waals surface area contributed by atoms with E-state index in [1.807, 2.05) is 19.1 Å². The van der Waals surface area contributed by atoms with Gasteiger partial charge in [0.15, 0.2) is 0 Å². The molecule has 0 saturated heterocycles. The van der Waals surface area contributed by atoms with Gasteiger partial charge in [-0.25, -0.2) is 0 Å². The summed E-state index contributed by atoms with van der Waals surface area (Å²) in [5, 5.41) is 0. The molecule has 0 N–H and O–H groups in total. The Morgan fingerprint density at radius 3 is 1.76 bits per heavy atom. The Hall–Kier alpha value is -1.76. The van der Waals surface area contributed by atoms with Crippen LogP contribution in [0.3, 0.4) is 0 Å². The van der Waals surface area contributed by atoms with E-state index in [-0.39, 0.29) is 0 Å². The van der Waals surface area contributed by atoms with Crippen LogP contribution < -0.4 is 4.74 Å². The van der Waals surface area contributed by atoms with E-state index in [1.54, 1.807) is 0 Å². The number of rotatable bonds is 4. The molecule has 0 aliphatic heterocycles. The molecule has 1 nitrogen and oxygen atoms in total. The van der Waals surface area contributed by atoms with Crippen LogP contribution in [0.4, 0.5) is 0 Å². The van der Waals surface area contributed by atoms with Crippen molar-refractivity contribution in [2.45, 2.75) is 20.3 Å². The van der Waals surface area contributed by atoms with Crippen LogP contribution in [-0.4, -0.2) is 6.61 Å². The summed E-state index contributed by atoms with van der Waals surface area (Å²) < 4.78 is 5.43. The summed E-state index contributed by atoms with van der Waals surface area (Å²) in [4.78, 5) is 0. The molecule has 0 bridgehead atoms. The molecule has 0 radical (unpaired) electrons. The average molecular weight is 226 g/mol. The van der Waals surface area contributed by atoms with Crippen LogP contribution in [0.15, 0.2) is 48.5 Å². The maximum Gasteiger partial charge on any atom is 0.119 e.